The van der Waals surface area contributed by atoms with Gasteiger partial charge in [-0.15, -0.1) is 0 Å². The van der Waals surface area contributed by atoms with Gasteiger partial charge in [0.2, 0.25) is 17.6 Å². The Bertz CT molecular complexity index is 712. The largest absolute Gasteiger partial charge is 0.363 e. The maximum atomic E-state index is 13.4. The van der Waals surface area contributed by atoms with Gasteiger partial charge in [-0.25, -0.2) is 0 Å². The zero-order valence-corrected chi connectivity index (χ0v) is 18.4. The third-order valence-corrected chi connectivity index (χ3v) is 7.31. The number of carbonyl (C=O) groups excluding carboxylic acids is 4. The van der Waals surface area contributed by atoms with E-state index >= 15 is 0 Å². The van der Waals surface area contributed by atoms with Crippen molar-refractivity contribution in [1.29, 1.82) is 0 Å². The number of hydrogen-bond acceptors (Lipinski definition) is 5. The minimum Gasteiger partial charge on any atom is -0.363 e. The summed E-state index contributed by atoms with van der Waals surface area (Å²) in [5.74, 6) is -1.74. The molecule has 5 atom stereocenters. The molecular weight excluding hydrogens is 384 g/mol. The molecule has 3 amide bonds. The van der Waals surface area contributed by atoms with Crippen molar-refractivity contribution < 1.29 is 19.2 Å². The molecule has 8 nitrogen and oxygen atoms in total. The number of carbonyl (C=O) groups is 4. The summed E-state index contributed by atoms with van der Waals surface area (Å²) in [6.07, 6.45) is 6.36. The number of likely N-dealkylation sites (tertiary alicyclic amines) is 1. The van der Waals surface area contributed by atoms with E-state index in [0.717, 1.165) is 38.5 Å². The monoisotopic (exact) mass is 420 g/mol. The molecule has 0 radical (unpaired) electrons. The highest BCUT2D eigenvalue weighted by Crippen LogP contribution is 2.43. The smallest absolute Gasteiger partial charge is 0.287 e. The Morgan fingerprint density at radius 3 is 2.23 bits per heavy atom. The van der Waals surface area contributed by atoms with Crippen LogP contribution in [0, 0.1) is 23.2 Å². The predicted molar refractivity (Wildman–Crippen MR) is 112 cm³/mol. The van der Waals surface area contributed by atoms with E-state index in [9.17, 15) is 19.2 Å². The number of nitrogens with two attached hydrogens (primary N) is 2. The van der Waals surface area contributed by atoms with E-state index in [0.29, 0.717) is 18.9 Å². The SMILES string of the molecule is CC(C)(C)[C@H](N)C(=O)N1C[C@@H]2CCC[C@@H]2[C@H]1C(=O)NC(CC1CCC1)C(=O)C(N)=O. The molecule has 2 aliphatic carbocycles. The molecule has 3 aliphatic rings. The first-order valence-corrected chi connectivity index (χ1v) is 11.2. The quantitative estimate of drug-likeness (QED) is 0.521. The highest BCUT2D eigenvalue weighted by Gasteiger charge is 2.51. The van der Waals surface area contributed by atoms with Crippen LogP contribution in [-0.2, 0) is 19.2 Å². The summed E-state index contributed by atoms with van der Waals surface area (Å²) < 4.78 is 0. The van der Waals surface area contributed by atoms with Crippen LogP contribution in [0.3, 0.4) is 0 Å². The zero-order chi connectivity index (χ0) is 22.2. The average Bonchev–Trinajstić information content (AvgIpc) is 3.21. The maximum Gasteiger partial charge on any atom is 0.287 e. The van der Waals surface area contributed by atoms with E-state index in [2.05, 4.69) is 5.32 Å². The number of fused-ring (bicyclic) bond motifs is 1. The van der Waals surface area contributed by atoms with Crippen LogP contribution in [0.4, 0.5) is 0 Å². The van der Waals surface area contributed by atoms with E-state index < -0.39 is 35.2 Å². The molecule has 3 fully saturated rings. The van der Waals surface area contributed by atoms with Crippen LogP contribution in [0.5, 0.6) is 0 Å². The van der Waals surface area contributed by atoms with Crippen LogP contribution in [0.2, 0.25) is 0 Å². The minimum atomic E-state index is -1.03. The Kier molecular flexibility index (Phi) is 6.55. The lowest BCUT2D eigenvalue weighted by molar-refractivity contribution is -0.144. The minimum absolute atomic E-state index is 0.0640. The fourth-order valence-electron chi connectivity index (χ4n) is 5.14. The molecule has 0 aromatic carbocycles. The second kappa shape index (κ2) is 8.65. The van der Waals surface area contributed by atoms with Crippen molar-refractivity contribution in [3.63, 3.8) is 0 Å². The second-order valence-corrected chi connectivity index (χ2v) is 10.5. The highest BCUT2D eigenvalue weighted by molar-refractivity contribution is 6.37. The molecule has 0 bridgehead atoms. The van der Waals surface area contributed by atoms with Gasteiger partial charge in [-0.1, -0.05) is 46.5 Å². The summed E-state index contributed by atoms with van der Waals surface area (Å²) in [7, 11) is 0. The van der Waals surface area contributed by atoms with Crippen LogP contribution < -0.4 is 16.8 Å². The first-order chi connectivity index (χ1) is 14.0. The number of Topliss-reactive ketones (excluding diaryl/α,β-unsaturated/α-hetero) is 1. The lowest BCUT2D eigenvalue weighted by Crippen LogP contribution is -2.58. The van der Waals surface area contributed by atoms with Gasteiger partial charge in [0.15, 0.2) is 0 Å². The number of rotatable bonds is 7. The van der Waals surface area contributed by atoms with Gasteiger partial charge in [0, 0.05) is 6.54 Å². The Labute approximate surface area is 178 Å². The summed E-state index contributed by atoms with van der Waals surface area (Å²) in [5, 5.41) is 2.79. The van der Waals surface area contributed by atoms with Gasteiger partial charge >= 0.3 is 0 Å². The lowest BCUT2D eigenvalue weighted by atomic mass is 9.80. The molecule has 30 heavy (non-hydrogen) atoms. The Morgan fingerprint density at radius 1 is 1.07 bits per heavy atom. The van der Waals surface area contributed by atoms with Crippen molar-refractivity contribution in [3.8, 4) is 0 Å². The number of hydrogen-bond donors (Lipinski definition) is 3. The third-order valence-electron chi connectivity index (χ3n) is 7.31. The summed E-state index contributed by atoms with van der Waals surface area (Å²) in [6.45, 7) is 6.23. The van der Waals surface area contributed by atoms with Crippen molar-refractivity contribution in [2.45, 2.75) is 83.8 Å². The van der Waals surface area contributed by atoms with Crippen molar-refractivity contribution in [2.75, 3.05) is 6.54 Å². The molecular formula is C22H36N4O4. The highest BCUT2D eigenvalue weighted by atomic mass is 16.2. The van der Waals surface area contributed by atoms with E-state index in [1.165, 1.54) is 0 Å². The Balaban J connectivity index is 1.79. The third kappa shape index (κ3) is 4.53. The molecule has 2 saturated carbocycles. The molecule has 0 aromatic heterocycles. The van der Waals surface area contributed by atoms with E-state index in [1.807, 2.05) is 20.8 Å². The summed E-state index contributed by atoms with van der Waals surface area (Å²) >= 11 is 0. The van der Waals surface area contributed by atoms with Gasteiger partial charge in [-0.3, -0.25) is 19.2 Å². The van der Waals surface area contributed by atoms with Crippen LogP contribution in [0.25, 0.3) is 0 Å². The molecule has 1 heterocycles. The normalized spacial score (nSPS) is 28.4. The van der Waals surface area contributed by atoms with Crippen LogP contribution in [0.1, 0.15) is 65.7 Å². The van der Waals surface area contributed by atoms with E-state index in [4.69, 9.17) is 11.5 Å². The molecule has 8 heteroatoms. The van der Waals surface area contributed by atoms with Crippen LogP contribution in [-0.4, -0.2) is 53.1 Å². The number of nitrogens with one attached hydrogen (secondary N) is 1. The Hall–Kier alpha value is -1.96. The van der Waals surface area contributed by atoms with Gasteiger partial charge in [0.05, 0.1) is 12.1 Å². The molecule has 3 rings (SSSR count). The van der Waals surface area contributed by atoms with Gasteiger partial charge < -0.3 is 21.7 Å². The molecule has 5 N–H and O–H groups in total. The van der Waals surface area contributed by atoms with Gasteiger partial charge in [0.25, 0.3) is 5.91 Å². The van der Waals surface area contributed by atoms with Crippen molar-refractivity contribution in [3.05, 3.63) is 0 Å². The van der Waals surface area contributed by atoms with Crippen molar-refractivity contribution in [2.24, 2.45) is 34.6 Å². The lowest BCUT2D eigenvalue weighted by Gasteiger charge is -2.35. The first kappa shape index (κ1) is 22.7. The number of ketones is 1. The number of nitrogens with zero attached hydrogens (tertiary/aromatic N) is 1. The molecule has 1 saturated heterocycles. The summed E-state index contributed by atoms with van der Waals surface area (Å²) in [5.41, 5.74) is 11.0. The summed E-state index contributed by atoms with van der Waals surface area (Å²) in [6, 6.07) is -2.29. The molecule has 1 unspecified atom stereocenters. The molecule has 1 aliphatic heterocycles. The van der Waals surface area contributed by atoms with E-state index in [1.54, 1.807) is 4.90 Å². The molecule has 168 valence electrons. The topological polar surface area (TPSA) is 136 Å². The Morgan fingerprint density at radius 2 is 1.70 bits per heavy atom. The second-order valence-electron chi connectivity index (χ2n) is 10.5. The molecule has 0 aromatic rings. The van der Waals surface area contributed by atoms with Gasteiger partial charge in [-0.05, 0) is 42.4 Å². The number of amides is 3. The van der Waals surface area contributed by atoms with Crippen molar-refractivity contribution in [1.82, 2.24) is 10.2 Å². The van der Waals surface area contributed by atoms with E-state index in [-0.39, 0.29) is 23.7 Å². The maximum absolute atomic E-state index is 13.4. The predicted octanol–water partition coefficient (Wildman–Crippen LogP) is 0.716. The summed E-state index contributed by atoms with van der Waals surface area (Å²) in [4.78, 5) is 52.0. The fourth-order valence-corrected chi connectivity index (χ4v) is 5.14. The zero-order valence-electron chi connectivity index (χ0n) is 18.4. The average molecular weight is 421 g/mol. The standard InChI is InChI=1S/C22H36N4O4/c1-22(2,3)18(23)21(30)26-11-13-8-5-9-14(13)16(26)20(29)25-15(17(27)19(24)28)10-12-6-4-7-12/h12-16,18H,4-11,23H2,1-3H3,(H2,24,28)(H,25,29)/t13-,14-,15?,16-,18+/m0/s1. The van der Waals surface area contributed by atoms with Crippen molar-refractivity contribution >= 4 is 23.5 Å². The van der Waals surface area contributed by atoms with Crippen LogP contribution >= 0.6 is 0 Å². The fraction of sp³-hybridized carbons (Fsp3) is 0.818. The van der Waals surface area contributed by atoms with Gasteiger partial charge in [0.1, 0.15) is 6.04 Å². The first-order valence-electron chi connectivity index (χ1n) is 11.2. The molecule has 0 spiro atoms. The van der Waals surface area contributed by atoms with Gasteiger partial charge in [-0.2, -0.15) is 0 Å². The number of primary amides is 1. The van der Waals surface area contributed by atoms with Crippen LogP contribution in [0.15, 0.2) is 0 Å².